The fourth-order valence-corrected chi connectivity index (χ4v) is 1.63. The van der Waals surface area contributed by atoms with E-state index in [0.717, 1.165) is 5.56 Å². The molecule has 0 spiro atoms. The van der Waals surface area contributed by atoms with Crippen molar-refractivity contribution in [1.82, 2.24) is 5.32 Å². The number of rotatable bonds is 7. The summed E-state index contributed by atoms with van der Waals surface area (Å²) >= 11 is 0. The number of carbonyl (C=O) groups excluding carboxylic acids is 1. The van der Waals surface area contributed by atoms with Crippen molar-refractivity contribution in [2.75, 3.05) is 13.7 Å². The third-order valence-electron chi connectivity index (χ3n) is 2.71. The monoisotopic (exact) mass is 277 g/mol. The predicted octanol–water partition coefficient (Wildman–Crippen LogP) is 0.711. The molecule has 5 heteroatoms. The van der Waals surface area contributed by atoms with Crippen molar-refractivity contribution in [3.8, 4) is 18.1 Å². The molecule has 2 atom stereocenters. The van der Waals surface area contributed by atoms with Crippen LogP contribution in [0.4, 0.5) is 0 Å². The molecule has 0 saturated carbocycles. The van der Waals surface area contributed by atoms with Gasteiger partial charge in [-0.15, -0.1) is 6.42 Å². The average Bonchev–Trinajstić information content (AvgIpc) is 2.45. The Hall–Kier alpha value is -2.03. The minimum atomic E-state index is -0.833. The molecule has 20 heavy (non-hydrogen) atoms. The second-order valence-corrected chi connectivity index (χ2v) is 4.26. The third-order valence-corrected chi connectivity index (χ3v) is 2.71. The average molecular weight is 277 g/mol. The minimum absolute atomic E-state index is 0.226. The molecule has 0 aliphatic heterocycles. The Labute approximate surface area is 118 Å². The third kappa shape index (κ3) is 4.92. The van der Waals surface area contributed by atoms with Crippen molar-refractivity contribution in [2.45, 2.75) is 25.6 Å². The van der Waals surface area contributed by atoms with E-state index in [9.17, 15) is 9.90 Å². The number of aliphatic hydroxyl groups is 1. The van der Waals surface area contributed by atoms with Gasteiger partial charge in [-0.1, -0.05) is 18.1 Å². The molecule has 108 valence electrons. The standard InChI is InChI=1S/C15H19NO4/c1-4-9-20-13-7-5-12(6-8-13)10-16-14(11(2)17)15(18)19-3/h1,5-8,11,14,16-17H,9-10H2,2-3H3/t11-,14+/m0/s1. The first-order valence-corrected chi connectivity index (χ1v) is 6.23. The van der Waals surface area contributed by atoms with Gasteiger partial charge in [0.05, 0.1) is 13.2 Å². The highest BCUT2D eigenvalue weighted by Gasteiger charge is 2.23. The van der Waals surface area contributed by atoms with Crippen LogP contribution in [-0.4, -0.2) is 36.9 Å². The normalized spacial score (nSPS) is 13.1. The molecule has 0 unspecified atom stereocenters. The molecule has 0 amide bonds. The van der Waals surface area contributed by atoms with E-state index in [4.69, 9.17) is 11.2 Å². The first kappa shape index (κ1) is 16.0. The fraction of sp³-hybridized carbons (Fsp3) is 0.400. The van der Waals surface area contributed by atoms with Crippen LogP contribution in [0, 0.1) is 12.3 Å². The second-order valence-electron chi connectivity index (χ2n) is 4.26. The number of carbonyl (C=O) groups is 1. The summed E-state index contributed by atoms with van der Waals surface area (Å²) in [6.45, 7) is 2.19. The van der Waals surface area contributed by atoms with Gasteiger partial charge in [-0.3, -0.25) is 10.1 Å². The molecule has 1 aromatic rings. The summed E-state index contributed by atoms with van der Waals surface area (Å²) < 4.78 is 9.88. The number of ether oxygens (including phenoxy) is 2. The zero-order valence-corrected chi connectivity index (χ0v) is 11.6. The van der Waals surface area contributed by atoms with Crippen LogP contribution in [0.1, 0.15) is 12.5 Å². The highest BCUT2D eigenvalue weighted by Crippen LogP contribution is 2.12. The Bertz CT molecular complexity index is 462. The first-order valence-electron chi connectivity index (χ1n) is 6.23. The van der Waals surface area contributed by atoms with Crippen LogP contribution in [0.25, 0.3) is 0 Å². The molecule has 0 aliphatic rings. The molecular formula is C15H19NO4. The van der Waals surface area contributed by atoms with Crippen LogP contribution in [0.5, 0.6) is 5.75 Å². The van der Waals surface area contributed by atoms with Gasteiger partial charge < -0.3 is 14.6 Å². The zero-order valence-electron chi connectivity index (χ0n) is 11.6. The molecule has 0 heterocycles. The summed E-state index contributed by atoms with van der Waals surface area (Å²) in [7, 11) is 1.29. The lowest BCUT2D eigenvalue weighted by molar-refractivity contribution is -0.145. The van der Waals surface area contributed by atoms with Crippen molar-refractivity contribution < 1.29 is 19.4 Å². The predicted molar refractivity (Wildman–Crippen MR) is 75.1 cm³/mol. The lowest BCUT2D eigenvalue weighted by Gasteiger charge is -2.19. The van der Waals surface area contributed by atoms with Crippen LogP contribution >= 0.6 is 0 Å². The van der Waals surface area contributed by atoms with Crippen molar-refractivity contribution in [2.24, 2.45) is 0 Å². The number of esters is 1. The van der Waals surface area contributed by atoms with Gasteiger partial charge in [0.2, 0.25) is 0 Å². The van der Waals surface area contributed by atoms with Crippen LogP contribution in [-0.2, 0) is 16.1 Å². The molecule has 0 saturated heterocycles. The van der Waals surface area contributed by atoms with Gasteiger partial charge >= 0.3 is 5.97 Å². The van der Waals surface area contributed by atoms with Crippen molar-refractivity contribution >= 4 is 5.97 Å². The molecular weight excluding hydrogens is 258 g/mol. The van der Waals surface area contributed by atoms with Gasteiger partial charge in [-0.05, 0) is 24.6 Å². The summed E-state index contributed by atoms with van der Waals surface area (Å²) in [6.07, 6.45) is 4.27. The van der Waals surface area contributed by atoms with Gasteiger partial charge in [0.15, 0.2) is 0 Å². The fourth-order valence-electron chi connectivity index (χ4n) is 1.63. The van der Waals surface area contributed by atoms with Gasteiger partial charge in [-0.2, -0.15) is 0 Å². The van der Waals surface area contributed by atoms with Crippen molar-refractivity contribution in [1.29, 1.82) is 0 Å². The molecule has 0 fully saturated rings. The summed E-state index contributed by atoms with van der Waals surface area (Å²) in [5.74, 6) is 2.58. The highest BCUT2D eigenvalue weighted by atomic mass is 16.5. The summed E-state index contributed by atoms with van der Waals surface area (Å²) in [4.78, 5) is 11.5. The van der Waals surface area contributed by atoms with E-state index in [1.165, 1.54) is 14.0 Å². The molecule has 5 nitrogen and oxygen atoms in total. The Balaban J connectivity index is 2.56. The Morgan fingerprint density at radius 1 is 1.45 bits per heavy atom. The van der Waals surface area contributed by atoms with Crippen LogP contribution in [0.15, 0.2) is 24.3 Å². The first-order chi connectivity index (χ1) is 9.58. The highest BCUT2D eigenvalue weighted by molar-refractivity contribution is 5.76. The Morgan fingerprint density at radius 3 is 2.60 bits per heavy atom. The summed E-state index contributed by atoms with van der Waals surface area (Å²) in [5, 5.41) is 12.5. The van der Waals surface area contributed by atoms with E-state index >= 15 is 0 Å². The van der Waals surface area contributed by atoms with E-state index < -0.39 is 18.1 Å². The molecule has 0 aliphatic carbocycles. The molecule has 1 aromatic carbocycles. The number of nitrogens with one attached hydrogen (secondary N) is 1. The van der Waals surface area contributed by atoms with Crippen LogP contribution in [0.2, 0.25) is 0 Å². The van der Waals surface area contributed by atoms with Crippen LogP contribution in [0.3, 0.4) is 0 Å². The van der Waals surface area contributed by atoms with Crippen molar-refractivity contribution in [3.63, 3.8) is 0 Å². The Kier molecular flexibility index (Phi) is 6.57. The second kappa shape index (κ2) is 8.20. The smallest absolute Gasteiger partial charge is 0.325 e. The number of terminal acetylenes is 1. The summed E-state index contributed by atoms with van der Waals surface area (Å²) in [5.41, 5.74) is 0.951. The summed E-state index contributed by atoms with van der Waals surface area (Å²) in [6, 6.07) is 6.55. The van der Waals surface area contributed by atoms with Crippen LogP contribution < -0.4 is 10.1 Å². The van der Waals surface area contributed by atoms with Gasteiger partial charge in [0, 0.05) is 6.54 Å². The van der Waals surface area contributed by atoms with E-state index in [-0.39, 0.29) is 6.61 Å². The topological polar surface area (TPSA) is 67.8 Å². The largest absolute Gasteiger partial charge is 0.481 e. The molecule has 1 rings (SSSR count). The van der Waals surface area contributed by atoms with E-state index in [1.54, 1.807) is 12.1 Å². The molecule has 0 radical (unpaired) electrons. The Morgan fingerprint density at radius 2 is 2.10 bits per heavy atom. The van der Waals surface area contributed by atoms with E-state index in [0.29, 0.717) is 12.3 Å². The minimum Gasteiger partial charge on any atom is -0.481 e. The quantitative estimate of drug-likeness (QED) is 0.567. The van der Waals surface area contributed by atoms with E-state index in [1.807, 2.05) is 12.1 Å². The maximum Gasteiger partial charge on any atom is 0.325 e. The van der Waals surface area contributed by atoms with Gasteiger partial charge in [0.25, 0.3) is 0 Å². The van der Waals surface area contributed by atoms with Crippen molar-refractivity contribution in [3.05, 3.63) is 29.8 Å². The SMILES string of the molecule is C#CCOc1ccc(CN[C@@H](C(=O)OC)[C@H](C)O)cc1. The molecule has 2 N–H and O–H groups in total. The number of benzene rings is 1. The molecule has 0 bridgehead atoms. The lowest BCUT2D eigenvalue weighted by Crippen LogP contribution is -2.45. The number of hydrogen-bond donors (Lipinski definition) is 2. The van der Waals surface area contributed by atoms with E-state index in [2.05, 4.69) is 16.0 Å². The van der Waals surface area contributed by atoms with Gasteiger partial charge in [-0.25, -0.2) is 0 Å². The maximum atomic E-state index is 11.5. The zero-order chi connectivity index (χ0) is 15.0. The lowest BCUT2D eigenvalue weighted by atomic mass is 10.1. The maximum absolute atomic E-state index is 11.5. The number of hydrogen-bond acceptors (Lipinski definition) is 5. The number of aliphatic hydroxyl groups excluding tert-OH is 1. The molecule has 0 aromatic heterocycles. The van der Waals surface area contributed by atoms with Gasteiger partial charge in [0.1, 0.15) is 18.4 Å². The number of methoxy groups -OCH3 is 1.